The Bertz CT molecular complexity index is 1380. The predicted octanol–water partition coefficient (Wildman–Crippen LogP) is 5.62. The van der Waals surface area contributed by atoms with Crippen molar-refractivity contribution in [3.05, 3.63) is 107 Å². The van der Waals surface area contributed by atoms with Gasteiger partial charge in [0.1, 0.15) is 23.8 Å². The lowest BCUT2D eigenvalue weighted by molar-refractivity contribution is 0.102. The second kappa shape index (κ2) is 10.3. The maximum Gasteiger partial charge on any atom is 0.262 e. The first-order valence-electron chi connectivity index (χ1n) is 10.6. The average Bonchev–Trinajstić information content (AvgIpc) is 3.10. The molecule has 6 nitrogen and oxygen atoms in total. The van der Waals surface area contributed by atoms with Gasteiger partial charge >= 0.3 is 0 Å². The van der Waals surface area contributed by atoms with Gasteiger partial charge in [-0.1, -0.05) is 59.8 Å². The number of nitrogens with one attached hydrogen (secondary N) is 1. The van der Waals surface area contributed by atoms with Crippen molar-refractivity contribution in [1.29, 1.82) is 0 Å². The molecule has 0 radical (unpaired) electrons. The predicted molar refractivity (Wildman–Crippen MR) is 126 cm³/mol. The minimum atomic E-state index is -0.991. The number of rotatable bonds is 7. The maximum absolute atomic E-state index is 14.7. The summed E-state index contributed by atoms with van der Waals surface area (Å²) in [6.45, 7) is 1.78. The SMILES string of the molecule is Cc1nn(C)c(F)c1C(=O)Nc1c(F)cc(F)cc1-c1ccc(C=NOCc2ccccc2)cc1. The molecule has 0 unspecified atom stereocenters. The molecule has 1 amide bonds. The van der Waals surface area contributed by atoms with Crippen LogP contribution in [0.15, 0.2) is 71.9 Å². The fraction of sp³-hybridized carbons (Fsp3) is 0.115. The van der Waals surface area contributed by atoms with E-state index in [1.807, 2.05) is 30.3 Å². The summed E-state index contributed by atoms with van der Waals surface area (Å²) in [6, 6.07) is 17.9. The fourth-order valence-electron chi connectivity index (χ4n) is 3.53. The second-order valence-electron chi connectivity index (χ2n) is 7.75. The fourth-order valence-corrected chi connectivity index (χ4v) is 3.53. The van der Waals surface area contributed by atoms with E-state index in [-0.39, 0.29) is 22.5 Å². The molecule has 35 heavy (non-hydrogen) atoms. The lowest BCUT2D eigenvalue weighted by atomic mass is 10.0. The van der Waals surface area contributed by atoms with Crippen molar-refractivity contribution in [2.45, 2.75) is 13.5 Å². The van der Waals surface area contributed by atoms with Crippen LogP contribution in [0.25, 0.3) is 11.1 Å². The first kappa shape index (κ1) is 23.7. The number of hydrogen-bond donors (Lipinski definition) is 1. The Morgan fingerprint density at radius 3 is 2.46 bits per heavy atom. The Morgan fingerprint density at radius 2 is 1.80 bits per heavy atom. The number of aromatic nitrogens is 2. The Labute approximate surface area is 199 Å². The molecule has 3 aromatic carbocycles. The summed E-state index contributed by atoms with van der Waals surface area (Å²) in [6.07, 6.45) is 1.51. The number of amides is 1. The molecule has 0 aliphatic heterocycles. The van der Waals surface area contributed by atoms with Crippen LogP contribution in [0.5, 0.6) is 0 Å². The highest BCUT2D eigenvalue weighted by Gasteiger charge is 2.23. The summed E-state index contributed by atoms with van der Waals surface area (Å²) < 4.78 is 44.0. The van der Waals surface area contributed by atoms with Crippen LogP contribution in [0, 0.1) is 24.5 Å². The van der Waals surface area contributed by atoms with E-state index in [0.717, 1.165) is 16.3 Å². The highest BCUT2D eigenvalue weighted by molar-refractivity contribution is 6.07. The lowest BCUT2D eigenvalue weighted by Gasteiger charge is -2.13. The quantitative estimate of drug-likeness (QED) is 0.277. The second-order valence-corrected chi connectivity index (χ2v) is 7.75. The number of aryl methyl sites for hydroxylation is 2. The van der Waals surface area contributed by atoms with E-state index in [1.54, 1.807) is 24.3 Å². The Morgan fingerprint density at radius 1 is 1.09 bits per heavy atom. The van der Waals surface area contributed by atoms with E-state index in [4.69, 9.17) is 4.84 Å². The van der Waals surface area contributed by atoms with E-state index < -0.39 is 23.5 Å². The van der Waals surface area contributed by atoms with Gasteiger partial charge in [-0.05, 0) is 29.7 Å². The standard InChI is InChI=1S/C26H21F3N4O2/c1-16-23(25(29)33(2)32-16)26(34)31-24-21(12-20(27)13-22(24)28)19-10-8-17(9-11-19)14-30-35-15-18-6-4-3-5-7-18/h3-14H,15H2,1-2H3,(H,31,34). The molecule has 0 saturated heterocycles. The van der Waals surface area contributed by atoms with Crippen molar-refractivity contribution >= 4 is 17.8 Å². The first-order chi connectivity index (χ1) is 16.8. The number of carbonyl (C=O) groups excluding carboxylic acids is 1. The van der Waals surface area contributed by atoms with Gasteiger partial charge in [0.15, 0.2) is 0 Å². The molecule has 0 atom stereocenters. The van der Waals surface area contributed by atoms with Crippen LogP contribution >= 0.6 is 0 Å². The number of carbonyl (C=O) groups is 1. The molecule has 4 aromatic rings. The molecule has 1 heterocycles. The molecule has 0 saturated carbocycles. The van der Waals surface area contributed by atoms with Crippen LogP contribution in [0.3, 0.4) is 0 Å². The first-order valence-corrected chi connectivity index (χ1v) is 10.6. The van der Waals surface area contributed by atoms with Crippen LogP contribution in [-0.4, -0.2) is 21.9 Å². The van der Waals surface area contributed by atoms with E-state index in [1.165, 1.54) is 20.2 Å². The van der Waals surface area contributed by atoms with Crippen LogP contribution in [0.2, 0.25) is 0 Å². The van der Waals surface area contributed by atoms with Crippen LogP contribution in [0.4, 0.5) is 18.9 Å². The minimum absolute atomic E-state index is 0.0987. The van der Waals surface area contributed by atoms with Gasteiger partial charge in [0.05, 0.1) is 17.6 Å². The number of nitrogens with zero attached hydrogens (tertiary/aromatic N) is 3. The molecule has 0 aliphatic rings. The normalized spacial score (nSPS) is 11.1. The van der Waals surface area contributed by atoms with Gasteiger partial charge in [0, 0.05) is 18.7 Å². The zero-order chi connectivity index (χ0) is 24.9. The van der Waals surface area contributed by atoms with E-state index in [2.05, 4.69) is 15.6 Å². The monoisotopic (exact) mass is 478 g/mol. The zero-order valence-corrected chi connectivity index (χ0v) is 18.9. The van der Waals surface area contributed by atoms with Gasteiger partial charge in [-0.15, -0.1) is 0 Å². The van der Waals surface area contributed by atoms with Crippen molar-refractivity contribution in [2.75, 3.05) is 5.32 Å². The summed E-state index contributed by atoms with van der Waals surface area (Å²) >= 11 is 0. The third kappa shape index (κ3) is 5.40. The Hall–Kier alpha value is -4.40. The van der Waals surface area contributed by atoms with Gasteiger partial charge in [-0.25, -0.2) is 13.5 Å². The summed E-state index contributed by atoms with van der Waals surface area (Å²) in [7, 11) is 1.35. The highest BCUT2D eigenvalue weighted by atomic mass is 19.1. The minimum Gasteiger partial charge on any atom is -0.391 e. The summed E-state index contributed by atoms with van der Waals surface area (Å²) in [5, 5.41) is 10.2. The molecule has 0 aliphatic carbocycles. The molecule has 9 heteroatoms. The topological polar surface area (TPSA) is 68.5 Å². The molecule has 1 N–H and O–H groups in total. The van der Waals surface area contributed by atoms with Gasteiger partial charge < -0.3 is 10.2 Å². The molecule has 1 aromatic heterocycles. The molecule has 0 fully saturated rings. The molecule has 4 rings (SSSR count). The van der Waals surface area contributed by atoms with Crippen molar-refractivity contribution in [1.82, 2.24) is 9.78 Å². The van der Waals surface area contributed by atoms with E-state index in [9.17, 15) is 18.0 Å². The number of halogens is 3. The largest absolute Gasteiger partial charge is 0.391 e. The smallest absolute Gasteiger partial charge is 0.262 e. The van der Waals surface area contributed by atoms with Crippen molar-refractivity contribution < 1.29 is 22.8 Å². The third-order valence-corrected chi connectivity index (χ3v) is 5.24. The molecular weight excluding hydrogens is 457 g/mol. The van der Waals surface area contributed by atoms with Crippen LogP contribution in [-0.2, 0) is 18.5 Å². The van der Waals surface area contributed by atoms with Gasteiger partial charge in [-0.2, -0.15) is 9.49 Å². The summed E-state index contributed by atoms with van der Waals surface area (Å²) in [4.78, 5) is 18.0. The van der Waals surface area contributed by atoms with Crippen LogP contribution < -0.4 is 5.32 Å². The maximum atomic E-state index is 14.7. The van der Waals surface area contributed by atoms with Crippen molar-refractivity contribution in [3.63, 3.8) is 0 Å². The third-order valence-electron chi connectivity index (χ3n) is 5.24. The summed E-state index contributed by atoms with van der Waals surface area (Å²) in [5.74, 6) is -3.56. The van der Waals surface area contributed by atoms with E-state index in [0.29, 0.717) is 23.8 Å². The van der Waals surface area contributed by atoms with Crippen molar-refractivity contribution in [2.24, 2.45) is 12.2 Å². The molecule has 178 valence electrons. The van der Waals surface area contributed by atoms with Gasteiger partial charge in [0.25, 0.3) is 5.91 Å². The van der Waals surface area contributed by atoms with Gasteiger partial charge in [-0.3, -0.25) is 4.79 Å². The molecule has 0 bridgehead atoms. The Kier molecular flexibility index (Phi) is 6.96. The number of anilines is 1. The molecular formula is C26H21F3N4O2. The lowest BCUT2D eigenvalue weighted by Crippen LogP contribution is -2.16. The van der Waals surface area contributed by atoms with Gasteiger partial charge in [0.2, 0.25) is 5.95 Å². The van der Waals surface area contributed by atoms with Crippen LogP contribution in [0.1, 0.15) is 27.2 Å². The number of oxime groups is 1. The van der Waals surface area contributed by atoms with E-state index >= 15 is 0 Å². The highest BCUT2D eigenvalue weighted by Crippen LogP contribution is 2.32. The zero-order valence-electron chi connectivity index (χ0n) is 18.9. The summed E-state index contributed by atoms with van der Waals surface area (Å²) in [5.41, 5.74) is 1.76. The van der Waals surface area contributed by atoms with Crippen molar-refractivity contribution in [3.8, 4) is 11.1 Å². The Balaban J connectivity index is 1.54. The number of hydrogen-bond acceptors (Lipinski definition) is 4. The average molecular weight is 478 g/mol. The number of benzene rings is 3. The molecule has 0 spiro atoms.